The third kappa shape index (κ3) is 4.58. The van der Waals surface area contributed by atoms with E-state index in [4.69, 9.17) is 9.84 Å². The molecule has 0 aliphatic heterocycles. The van der Waals surface area contributed by atoms with Gasteiger partial charge >= 0.3 is 0 Å². The molecule has 0 spiro atoms. The van der Waals surface area contributed by atoms with Crippen molar-refractivity contribution in [2.24, 2.45) is 0 Å². The highest BCUT2D eigenvalue weighted by molar-refractivity contribution is 7.89. The first kappa shape index (κ1) is 15.5. The van der Waals surface area contributed by atoms with Crippen molar-refractivity contribution in [3.8, 4) is 5.75 Å². The van der Waals surface area contributed by atoms with Crippen molar-refractivity contribution < 1.29 is 18.3 Å². The summed E-state index contributed by atoms with van der Waals surface area (Å²) in [6.07, 6.45) is 0. The van der Waals surface area contributed by atoms with Crippen LogP contribution in [-0.2, 0) is 27.9 Å². The Labute approximate surface area is 124 Å². The van der Waals surface area contributed by atoms with Crippen LogP contribution in [0, 0.1) is 0 Å². The second-order valence-electron chi connectivity index (χ2n) is 4.86. The number of hydrogen-bond acceptors (Lipinski definition) is 4. The standard InChI is InChI=1S/C16H18O4S/c1-20-16-4-2-3-15(9-16)12-21(18,19)11-14-7-5-13(10-17)6-8-14/h2-9,17H,10-12H2,1H3. The summed E-state index contributed by atoms with van der Waals surface area (Å²) in [7, 11) is -1.70. The lowest BCUT2D eigenvalue weighted by atomic mass is 10.2. The molecule has 0 unspecified atom stereocenters. The molecule has 2 rings (SSSR count). The molecule has 0 aromatic heterocycles. The smallest absolute Gasteiger partial charge is 0.158 e. The van der Waals surface area contributed by atoms with Crippen LogP contribution in [0.3, 0.4) is 0 Å². The average molecular weight is 306 g/mol. The molecule has 0 atom stereocenters. The van der Waals surface area contributed by atoms with E-state index in [2.05, 4.69) is 0 Å². The molecule has 5 heteroatoms. The van der Waals surface area contributed by atoms with Gasteiger partial charge in [-0.3, -0.25) is 0 Å². The van der Waals surface area contributed by atoms with Crippen LogP contribution in [0.5, 0.6) is 5.75 Å². The fourth-order valence-corrected chi connectivity index (χ4v) is 3.55. The molecule has 2 aromatic rings. The van der Waals surface area contributed by atoms with Crippen molar-refractivity contribution in [1.29, 1.82) is 0 Å². The van der Waals surface area contributed by atoms with Gasteiger partial charge in [0.2, 0.25) is 0 Å². The van der Waals surface area contributed by atoms with Crippen LogP contribution >= 0.6 is 0 Å². The largest absolute Gasteiger partial charge is 0.497 e. The van der Waals surface area contributed by atoms with E-state index >= 15 is 0 Å². The predicted molar refractivity (Wildman–Crippen MR) is 81.7 cm³/mol. The molecule has 1 N–H and O–H groups in total. The molecule has 112 valence electrons. The Morgan fingerprint density at radius 1 is 0.952 bits per heavy atom. The van der Waals surface area contributed by atoms with Crippen molar-refractivity contribution in [3.63, 3.8) is 0 Å². The molecule has 21 heavy (non-hydrogen) atoms. The lowest BCUT2D eigenvalue weighted by molar-refractivity contribution is 0.282. The fraction of sp³-hybridized carbons (Fsp3) is 0.250. The van der Waals surface area contributed by atoms with Gasteiger partial charge in [-0.2, -0.15) is 0 Å². The molecule has 0 amide bonds. The minimum Gasteiger partial charge on any atom is -0.497 e. The zero-order valence-electron chi connectivity index (χ0n) is 11.8. The van der Waals surface area contributed by atoms with Crippen LogP contribution in [0.4, 0.5) is 0 Å². The Balaban J connectivity index is 2.10. The molecule has 4 nitrogen and oxygen atoms in total. The third-order valence-corrected chi connectivity index (χ3v) is 4.66. The molecule has 2 aromatic carbocycles. The SMILES string of the molecule is COc1cccc(CS(=O)(=O)Cc2ccc(CO)cc2)c1. The maximum atomic E-state index is 12.2. The van der Waals surface area contributed by atoms with Gasteiger partial charge in [0.1, 0.15) is 5.75 Å². The van der Waals surface area contributed by atoms with Crippen LogP contribution < -0.4 is 4.74 Å². The maximum Gasteiger partial charge on any atom is 0.158 e. The molecule has 0 bridgehead atoms. The van der Waals surface area contributed by atoms with Gasteiger partial charge < -0.3 is 9.84 Å². The Bertz CT molecular complexity index is 690. The number of rotatable bonds is 6. The second-order valence-corrected chi connectivity index (χ2v) is 6.92. The Morgan fingerprint density at radius 3 is 2.19 bits per heavy atom. The first-order chi connectivity index (χ1) is 10.0. The van der Waals surface area contributed by atoms with Gasteiger partial charge in [0, 0.05) is 0 Å². The van der Waals surface area contributed by atoms with Crippen molar-refractivity contribution >= 4 is 9.84 Å². The summed E-state index contributed by atoms with van der Waals surface area (Å²) in [6, 6.07) is 14.0. The highest BCUT2D eigenvalue weighted by Gasteiger charge is 2.13. The van der Waals surface area contributed by atoms with Crippen LogP contribution in [0.15, 0.2) is 48.5 Å². The minimum absolute atomic E-state index is 0.0179. The summed E-state index contributed by atoms with van der Waals surface area (Å²) >= 11 is 0. The first-order valence-electron chi connectivity index (χ1n) is 6.54. The Kier molecular flexibility index (Phi) is 4.98. The van der Waals surface area contributed by atoms with Gasteiger partial charge in [-0.05, 0) is 28.8 Å². The van der Waals surface area contributed by atoms with Crippen LogP contribution in [-0.4, -0.2) is 20.6 Å². The molecule has 0 fully saturated rings. The number of aliphatic hydroxyl groups is 1. The van der Waals surface area contributed by atoms with Gasteiger partial charge in [-0.15, -0.1) is 0 Å². The molecule has 0 saturated heterocycles. The molecular weight excluding hydrogens is 288 g/mol. The molecule has 0 saturated carbocycles. The first-order valence-corrected chi connectivity index (χ1v) is 8.36. The van der Waals surface area contributed by atoms with E-state index < -0.39 is 9.84 Å². The molecule has 0 radical (unpaired) electrons. The summed E-state index contributed by atoms with van der Waals surface area (Å²) < 4.78 is 29.6. The van der Waals surface area contributed by atoms with Gasteiger partial charge in [0.25, 0.3) is 0 Å². The molecular formula is C16H18O4S. The number of hydrogen-bond donors (Lipinski definition) is 1. The third-order valence-electron chi connectivity index (χ3n) is 3.11. The monoisotopic (exact) mass is 306 g/mol. The quantitative estimate of drug-likeness (QED) is 0.889. The number of aliphatic hydroxyl groups excluding tert-OH is 1. The topological polar surface area (TPSA) is 63.6 Å². The van der Waals surface area contributed by atoms with E-state index in [-0.39, 0.29) is 18.1 Å². The van der Waals surface area contributed by atoms with E-state index in [0.717, 1.165) is 11.1 Å². The number of ether oxygens (including phenoxy) is 1. The van der Waals surface area contributed by atoms with Crippen LogP contribution in [0.25, 0.3) is 0 Å². The highest BCUT2D eigenvalue weighted by atomic mass is 32.2. The summed E-state index contributed by atoms with van der Waals surface area (Å²) in [5.41, 5.74) is 2.19. The fourth-order valence-electron chi connectivity index (χ4n) is 2.06. The lowest BCUT2D eigenvalue weighted by Crippen LogP contribution is -2.07. The van der Waals surface area contributed by atoms with E-state index in [1.807, 2.05) is 0 Å². The van der Waals surface area contributed by atoms with Crippen molar-refractivity contribution in [3.05, 3.63) is 65.2 Å². The molecule has 0 aliphatic rings. The number of sulfone groups is 1. The van der Waals surface area contributed by atoms with Crippen LogP contribution in [0.2, 0.25) is 0 Å². The highest BCUT2D eigenvalue weighted by Crippen LogP contribution is 2.17. The number of benzene rings is 2. The van der Waals surface area contributed by atoms with Crippen molar-refractivity contribution in [2.75, 3.05) is 7.11 Å². The normalized spacial score (nSPS) is 11.3. The summed E-state index contributed by atoms with van der Waals surface area (Å²) in [4.78, 5) is 0. The van der Waals surface area contributed by atoms with Gasteiger partial charge in [0.15, 0.2) is 9.84 Å². The second kappa shape index (κ2) is 6.74. The summed E-state index contributed by atoms with van der Waals surface area (Å²) in [5, 5.41) is 8.98. The van der Waals surface area contributed by atoms with Crippen molar-refractivity contribution in [1.82, 2.24) is 0 Å². The zero-order valence-corrected chi connectivity index (χ0v) is 12.6. The van der Waals surface area contributed by atoms with E-state index in [1.54, 1.807) is 55.6 Å². The van der Waals surface area contributed by atoms with E-state index in [9.17, 15) is 8.42 Å². The Hall–Kier alpha value is -1.85. The summed E-state index contributed by atoms with van der Waals surface area (Å²) in [6.45, 7) is -0.0448. The average Bonchev–Trinajstić information content (AvgIpc) is 2.47. The van der Waals surface area contributed by atoms with E-state index in [1.165, 1.54) is 0 Å². The molecule has 0 heterocycles. The van der Waals surface area contributed by atoms with Gasteiger partial charge in [-0.1, -0.05) is 36.4 Å². The predicted octanol–water partition coefficient (Wildman–Crippen LogP) is 2.30. The zero-order chi connectivity index (χ0) is 15.3. The van der Waals surface area contributed by atoms with Crippen LogP contribution in [0.1, 0.15) is 16.7 Å². The Morgan fingerprint density at radius 2 is 1.57 bits per heavy atom. The van der Waals surface area contributed by atoms with Gasteiger partial charge in [-0.25, -0.2) is 8.42 Å². The number of methoxy groups -OCH3 is 1. The van der Waals surface area contributed by atoms with Crippen molar-refractivity contribution in [2.45, 2.75) is 18.1 Å². The lowest BCUT2D eigenvalue weighted by Gasteiger charge is -2.07. The minimum atomic E-state index is -3.25. The van der Waals surface area contributed by atoms with Gasteiger partial charge in [0.05, 0.1) is 25.2 Å². The van der Waals surface area contributed by atoms with E-state index in [0.29, 0.717) is 11.3 Å². The maximum absolute atomic E-state index is 12.2. The molecule has 0 aliphatic carbocycles. The summed E-state index contributed by atoms with van der Waals surface area (Å²) in [5.74, 6) is 0.608.